The van der Waals surface area contributed by atoms with Gasteiger partial charge in [-0.3, -0.25) is 4.79 Å². The Kier molecular flexibility index (Phi) is 12.5. The molecule has 2 aromatic rings. The summed E-state index contributed by atoms with van der Waals surface area (Å²) < 4.78 is 16.3. The van der Waals surface area contributed by atoms with Gasteiger partial charge in [0.2, 0.25) is 5.91 Å². The van der Waals surface area contributed by atoms with Crippen molar-refractivity contribution in [1.29, 1.82) is 0 Å². The molecule has 0 aromatic heterocycles. The molecule has 0 aliphatic carbocycles. The number of hydrogen-bond acceptors (Lipinski definition) is 5. The Hall–Kier alpha value is -3.37. The molecule has 0 fully saturated rings. The fourth-order valence-corrected chi connectivity index (χ4v) is 3.43. The molecule has 7 nitrogen and oxygen atoms in total. The summed E-state index contributed by atoms with van der Waals surface area (Å²) in [5.41, 5.74) is 1.71. The first-order chi connectivity index (χ1) is 17.3. The Morgan fingerprint density at radius 2 is 1.89 bits per heavy atom. The summed E-state index contributed by atoms with van der Waals surface area (Å²) in [6.45, 7) is 6.69. The fraction of sp³-hybridized carbons (Fsp3) is 0.429. The van der Waals surface area contributed by atoms with Crippen molar-refractivity contribution in [3.05, 3.63) is 58.6 Å². The average Bonchev–Trinajstić information content (AvgIpc) is 2.86. The third kappa shape index (κ3) is 9.71. The minimum Gasteiger partial charge on any atom is -0.493 e. The summed E-state index contributed by atoms with van der Waals surface area (Å²) in [6, 6.07) is 12.3. The lowest BCUT2D eigenvalue weighted by atomic mass is 10.0. The summed E-state index contributed by atoms with van der Waals surface area (Å²) in [6.07, 6.45) is 1.72. The Morgan fingerprint density at radius 3 is 2.58 bits per heavy atom. The van der Waals surface area contributed by atoms with Gasteiger partial charge in [0.25, 0.3) is 0 Å². The van der Waals surface area contributed by atoms with Crippen molar-refractivity contribution in [2.24, 2.45) is 5.92 Å². The molecule has 0 spiro atoms. The first-order valence-corrected chi connectivity index (χ1v) is 12.5. The summed E-state index contributed by atoms with van der Waals surface area (Å²) in [5, 5.41) is 6.15. The topological polar surface area (TPSA) is 85.9 Å². The number of ether oxygens (including phenoxy) is 3. The van der Waals surface area contributed by atoms with Gasteiger partial charge in [0.05, 0.1) is 18.7 Å². The van der Waals surface area contributed by atoms with Gasteiger partial charge >= 0.3 is 6.09 Å². The van der Waals surface area contributed by atoms with Crippen LogP contribution in [0.25, 0.3) is 0 Å². The van der Waals surface area contributed by atoms with Crippen molar-refractivity contribution in [3.63, 3.8) is 0 Å². The largest absolute Gasteiger partial charge is 0.493 e. The van der Waals surface area contributed by atoms with E-state index in [4.69, 9.17) is 25.8 Å². The maximum Gasteiger partial charge on any atom is 0.407 e. The molecule has 36 heavy (non-hydrogen) atoms. The molecular weight excluding hydrogens is 480 g/mol. The van der Waals surface area contributed by atoms with Gasteiger partial charge in [-0.2, -0.15) is 0 Å². The highest BCUT2D eigenvalue weighted by Gasteiger charge is 2.24. The molecule has 8 heteroatoms. The van der Waals surface area contributed by atoms with Gasteiger partial charge in [0, 0.05) is 12.1 Å². The molecule has 0 unspecified atom stereocenters. The zero-order chi connectivity index (χ0) is 26.3. The first-order valence-electron chi connectivity index (χ1n) is 12.1. The molecule has 0 heterocycles. The summed E-state index contributed by atoms with van der Waals surface area (Å²) in [4.78, 5) is 24.6. The van der Waals surface area contributed by atoms with Crippen LogP contribution in [-0.2, 0) is 16.0 Å². The number of methoxy groups -OCH3 is 1. The Morgan fingerprint density at radius 1 is 1.11 bits per heavy atom. The van der Waals surface area contributed by atoms with E-state index < -0.39 is 12.1 Å². The second kappa shape index (κ2) is 15.6. The number of amides is 2. The van der Waals surface area contributed by atoms with Gasteiger partial charge in [0.1, 0.15) is 12.6 Å². The number of benzene rings is 2. The molecular formula is C28H35ClN2O5. The quantitative estimate of drug-likeness (QED) is 0.308. The van der Waals surface area contributed by atoms with Gasteiger partial charge in [-0.05, 0) is 48.6 Å². The summed E-state index contributed by atoms with van der Waals surface area (Å²) in [5.74, 6) is 6.76. The van der Waals surface area contributed by atoms with E-state index in [0.29, 0.717) is 36.1 Å². The Bertz CT molecular complexity index is 1060. The van der Waals surface area contributed by atoms with E-state index >= 15 is 0 Å². The number of carbonyl (C=O) groups is 2. The van der Waals surface area contributed by atoms with Crippen LogP contribution in [0.5, 0.6) is 11.5 Å². The average molecular weight is 515 g/mol. The number of alkyl carbamates (subject to hydrolysis) is 1. The maximum atomic E-state index is 12.6. The maximum absolute atomic E-state index is 12.6. The van der Waals surface area contributed by atoms with Crippen molar-refractivity contribution in [2.45, 2.75) is 46.1 Å². The van der Waals surface area contributed by atoms with Gasteiger partial charge < -0.3 is 24.8 Å². The number of carbonyl (C=O) groups excluding carboxylic acids is 2. The molecule has 0 bridgehead atoms. The molecule has 2 amide bonds. The number of nitrogens with one attached hydrogen (secondary N) is 2. The molecule has 1 atom stereocenters. The minimum absolute atomic E-state index is 0.0822. The van der Waals surface area contributed by atoms with Crippen molar-refractivity contribution in [2.75, 3.05) is 26.9 Å². The van der Waals surface area contributed by atoms with Gasteiger partial charge in [-0.1, -0.05) is 68.8 Å². The lowest BCUT2D eigenvalue weighted by Crippen LogP contribution is -2.50. The molecule has 0 saturated carbocycles. The highest BCUT2D eigenvalue weighted by Crippen LogP contribution is 2.28. The zero-order valence-electron chi connectivity index (χ0n) is 21.4. The highest BCUT2D eigenvalue weighted by atomic mass is 35.5. The van der Waals surface area contributed by atoms with Crippen molar-refractivity contribution in [3.8, 4) is 23.3 Å². The van der Waals surface area contributed by atoms with Crippen LogP contribution in [-0.4, -0.2) is 44.9 Å². The van der Waals surface area contributed by atoms with E-state index in [1.807, 2.05) is 57.2 Å². The lowest BCUT2D eigenvalue weighted by molar-refractivity contribution is -0.124. The normalized spacial score (nSPS) is 11.2. The molecule has 194 valence electrons. The molecule has 0 aliphatic rings. The SMILES string of the molecule is CCCCOC(=O)N[C@H](C(=O)NCCc1ccc(OCC#Cc2ccccc2Cl)c(OC)c1)C(C)C. The van der Waals surface area contributed by atoms with Gasteiger partial charge in [-0.15, -0.1) is 0 Å². The van der Waals surface area contributed by atoms with Gasteiger partial charge in [0.15, 0.2) is 11.5 Å². The number of unbranched alkanes of at least 4 members (excludes halogenated alkanes) is 1. The van der Waals surface area contributed by atoms with Crippen LogP contribution in [0.3, 0.4) is 0 Å². The van der Waals surface area contributed by atoms with Crippen molar-refractivity contribution in [1.82, 2.24) is 10.6 Å². The van der Waals surface area contributed by atoms with Crippen LogP contribution in [0.4, 0.5) is 4.79 Å². The van der Waals surface area contributed by atoms with Crippen LogP contribution >= 0.6 is 11.6 Å². The van der Waals surface area contributed by atoms with E-state index in [-0.39, 0.29) is 18.4 Å². The summed E-state index contributed by atoms with van der Waals surface area (Å²) >= 11 is 6.11. The number of halogens is 1. The third-order valence-electron chi connectivity index (χ3n) is 5.29. The second-order valence-corrected chi connectivity index (χ2v) is 8.86. The molecule has 0 radical (unpaired) electrons. The zero-order valence-corrected chi connectivity index (χ0v) is 22.1. The standard InChI is InChI=1S/C28H35ClN2O5/c1-5-6-17-36-28(33)31-26(20(2)3)27(32)30-16-15-21-13-14-24(25(19-21)34-4)35-18-9-11-22-10-7-8-12-23(22)29/h7-8,10,12-14,19-20,26H,5-6,15-18H2,1-4H3,(H,30,32)(H,31,33)/t26-/m0/s1. The van der Waals surface area contributed by atoms with Crippen LogP contribution in [0.15, 0.2) is 42.5 Å². The predicted molar refractivity (Wildman–Crippen MR) is 142 cm³/mol. The van der Waals surface area contributed by atoms with Crippen molar-refractivity contribution < 1.29 is 23.8 Å². The van der Waals surface area contributed by atoms with Crippen LogP contribution in [0.1, 0.15) is 44.7 Å². The lowest BCUT2D eigenvalue weighted by Gasteiger charge is -2.21. The van der Waals surface area contributed by atoms with Gasteiger partial charge in [-0.25, -0.2) is 4.79 Å². The third-order valence-corrected chi connectivity index (χ3v) is 5.62. The molecule has 0 aliphatic heterocycles. The van der Waals surface area contributed by atoms with Crippen LogP contribution in [0.2, 0.25) is 5.02 Å². The number of hydrogen-bond donors (Lipinski definition) is 2. The van der Waals surface area contributed by atoms with Crippen LogP contribution in [0, 0.1) is 17.8 Å². The Balaban J connectivity index is 1.87. The monoisotopic (exact) mass is 514 g/mol. The Labute approximate surface area is 218 Å². The van der Waals surface area contributed by atoms with Crippen LogP contribution < -0.4 is 20.1 Å². The van der Waals surface area contributed by atoms with E-state index in [1.165, 1.54) is 0 Å². The highest BCUT2D eigenvalue weighted by molar-refractivity contribution is 6.31. The van der Waals surface area contributed by atoms with E-state index in [0.717, 1.165) is 24.0 Å². The number of rotatable bonds is 12. The smallest absolute Gasteiger partial charge is 0.407 e. The van der Waals surface area contributed by atoms with E-state index in [9.17, 15) is 9.59 Å². The fourth-order valence-electron chi connectivity index (χ4n) is 3.25. The second-order valence-electron chi connectivity index (χ2n) is 8.45. The first kappa shape index (κ1) is 28.9. The molecule has 2 aromatic carbocycles. The van der Waals surface area contributed by atoms with E-state index in [2.05, 4.69) is 22.5 Å². The molecule has 0 saturated heterocycles. The molecule has 2 N–H and O–H groups in total. The molecule has 2 rings (SSSR count). The predicted octanol–water partition coefficient (Wildman–Crippen LogP) is 4.99. The minimum atomic E-state index is -0.670. The summed E-state index contributed by atoms with van der Waals surface area (Å²) in [7, 11) is 1.57. The van der Waals surface area contributed by atoms with Crippen molar-refractivity contribution >= 4 is 23.6 Å². The van der Waals surface area contributed by atoms with E-state index in [1.54, 1.807) is 13.2 Å².